The number of amides is 1. The average molecular weight is 399 g/mol. The molecular weight excluding hydrogens is 370 g/mol. The van der Waals surface area contributed by atoms with Crippen LogP contribution < -0.4 is 10.1 Å². The van der Waals surface area contributed by atoms with Crippen LogP contribution in [0.1, 0.15) is 42.6 Å². The van der Waals surface area contributed by atoms with E-state index in [2.05, 4.69) is 20.3 Å². The summed E-state index contributed by atoms with van der Waals surface area (Å²) in [6.45, 7) is 1.86. The van der Waals surface area contributed by atoms with Gasteiger partial charge in [0.15, 0.2) is 0 Å². The lowest BCUT2D eigenvalue weighted by molar-refractivity contribution is -0.0694. The zero-order valence-electron chi connectivity index (χ0n) is 16.8. The van der Waals surface area contributed by atoms with Gasteiger partial charge in [-0.1, -0.05) is 6.42 Å². The van der Waals surface area contributed by atoms with Crippen LogP contribution in [0.4, 0.5) is 0 Å². The Hall–Kier alpha value is -2.45. The number of aliphatic hydroxyl groups is 1. The number of aromatic nitrogens is 3. The standard InChI is InChI=1S/C21H29N5O3/c1-25-17(9-11-23-25)21(28)24-16-7-8-18(29-15-6-5-10-22-14-15)20(27)19(16)26-12-3-2-4-13-26/h5-6,9-11,14,16,18-20,27H,2-4,7-8,12-13H2,1H3,(H,24,28)/t16-,18-,19+,20+/m1/s1. The third-order valence-corrected chi connectivity index (χ3v) is 6.01. The number of carbonyl (C=O) groups excluding carboxylic acids is 1. The summed E-state index contributed by atoms with van der Waals surface area (Å²) in [7, 11) is 1.75. The number of hydrogen-bond acceptors (Lipinski definition) is 6. The largest absolute Gasteiger partial charge is 0.486 e. The second-order valence-electron chi connectivity index (χ2n) is 7.92. The number of nitrogens with one attached hydrogen (secondary N) is 1. The number of pyridine rings is 1. The lowest BCUT2D eigenvalue weighted by atomic mass is 9.83. The van der Waals surface area contributed by atoms with Crippen molar-refractivity contribution >= 4 is 5.91 Å². The fourth-order valence-electron chi connectivity index (χ4n) is 4.55. The number of rotatable bonds is 5. The topological polar surface area (TPSA) is 92.5 Å². The van der Waals surface area contributed by atoms with Crippen molar-refractivity contribution in [3.8, 4) is 5.75 Å². The van der Waals surface area contributed by atoms with Crippen LogP contribution in [0.5, 0.6) is 5.75 Å². The molecule has 0 spiro atoms. The molecule has 1 aliphatic carbocycles. The van der Waals surface area contributed by atoms with Gasteiger partial charge in [0.1, 0.15) is 23.7 Å². The Balaban J connectivity index is 1.51. The quantitative estimate of drug-likeness (QED) is 0.789. The van der Waals surface area contributed by atoms with Crippen molar-refractivity contribution < 1.29 is 14.6 Å². The summed E-state index contributed by atoms with van der Waals surface area (Å²) in [6.07, 6.45) is 8.80. The SMILES string of the molecule is Cn1nccc1C(=O)N[C@@H]1CC[C@@H](Oc2cccnc2)[C@H](O)[C@H]1N1CCCCC1. The van der Waals surface area contributed by atoms with Crippen LogP contribution in [0.3, 0.4) is 0 Å². The van der Waals surface area contributed by atoms with Crippen molar-refractivity contribution in [1.29, 1.82) is 0 Å². The summed E-state index contributed by atoms with van der Waals surface area (Å²) in [5, 5.41) is 18.5. The zero-order valence-corrected chi connectivity index (χ0v) is 16.8. The van der Waals surface area contributed by atoms with E-state index in [1.54, 1.807) is 36.4 Å². The van der Waals surface area contributed by atoms with Crippen LogP contribution in [-0.2, 0) is 7.05 Å². The lowest BCUT2D eigenvalue weighted by Gasteiger charge is -2.47. The van der Waals surface area contributed by atoms with E-state index in [1.165, 1.54) is 6.42 Å². The highest BCUT2D eigenvalue weighted by Gasteiger charge is 2.44. The van der Waals surface area contributed by atoms with Gasteiger partial charge in [-0.05, 0) is 57.0 Å². The molecule has 1 aliphatic heterocycles. The second-order valence-corrected chi connectivity index (χ2v) is 7.92. The van der Waals surface area contributed by atoms with Crippen LogP contribution in [0.25, 0.3) is 0 Å². The zero-order chi connectivity index (χ0) is 20.2. The summed E-state index contributed by atoms with van der Waals surface area (Å²) >= 11 is 0. The van der Waals surface area contributed by atoms with Crippen molar-refractivity contribution in [1.82, 2.24) is 25.0 Å². The summed E-state index contributed by atoms with van der Waals surface area (Å²) in [6, 6.07) is 5.07. The predicted molar refractivity (Wildman–Crippen MR) is 108 cm³/mol. The van der Waals surface area contributed by atoms with E-state index in [0.29, 0.717) is 17.9 Å². The van der Waals surface area contributed by atoms with Gasteiger partial charge in [-0.25, -0.2) is 0 Å². The number of nitrogens with zero attached hydrogens (tertiary/aromatic N) is 4. The molecular formula is C21H29N5O3. The molecule has 1 amide bonds. The number of aliphatic hydroxyl groups excluding tert-OH is 1. The van der Waals surface area contributed by atoms with E-state index in [-0.39, 0.29) is 24.1 Å². The summed E-state index contributed by atoms with van der Waals surface area (Å²) in [4.78, 5) is 19.2. The molecule has 0 aromatic carbocycles. The van der Waals surface area contributed by atoms with Crippen molar-refractivity contribution in [2.75, 3.05) is 13.1 Å². The molecule has 0 radical (unpaired) electrons. The fourth-order valence-corrected chi connectivity index (χ4v) is 4.55. The van der Waals surface area contributed by atoms with Crippen LogP contribution in [-0.4, -0.2) is 68.1 Å². The van der Waals surface area contributed by atoms with E-state index in [9.17, 15) is 9.90 Å². The Kier molecular flexibility index (Phi) is 6.10. The third-order valence-electron chi connectivity index (χ3n) is 6.01. The Labute approximate surface area is 170 Å². The van der Waals surface area contributed by atoms with E-state index in [1.807, 2.05) is 12.1 Å². The molecule has 8 nitrogen and oxygen atoms in total. The van der Waals surface area contributed by atoms with Gasteiger partial charge in [0.05, 0.1) is 12.2 Å². The molecule has 156 valence electrons. The van der Waals surface area contributed by atoms with Gasteiger partial charge >= 0.3 is 0 Å². The molecule has 2 aromatic heterocycles. The predicted octanol–water partition coefficient (Wildman–Crippen LogP) is 1.37. The molecule has 2 N–H and O–H groups in total. The van der Waals surface area contributed by atoms with Gasteiger partial charge in [-0.2, -0.15) is 5.10 Å². The minimum atomic E-state index is -0.695. The van der Waals surface area contributed by atoms with Gasteiger partial charge in [0.2, 0.25) is 0 Å². The molecule has 1 saturated heterocycles. The molecule has 1 saturated carbocycles. The van der Waals surface area contributed by atoms with E-state index in [4.69, 9.17) is 4.74 Å². The first kappa shape index (κ1) is 19.8. The molecule has 0 unspecified atom stereocenters. The first-order chi connectivity index (χ1) is 14.1. The normalized spacial score (nSPS) is 28.1. The van der Waals surface area contributed by atoms with E-state index < -0.39 is 6.10 Å². The molecule has 29 heavy (non-hydrogen) atoms. The molecule has 2 fully saturated rings. The van der Waals surface area contributed by atoms with Crippen LogP contribution in [0.15, 0.2) is 36.8 Å². The van der Waals surface area contributed by atoms with Crippen molar-refractivity contribution in [2.24, 2.45) is 7.05 Å². The Bertz CT molecular complexity index is 806. The number of carbonyl (C=O) groups is 1. The Morgan fingerprint density at radius 2 is 2.03 bits per heavy atom. The summed E-state index contributed by atoms with van der Waals surface area (Å²) < 4.78 is 7.64. The minimum absolute atomic E-state index is 0.140. The van der Waals surface area contributed by atoms with Crippen LogP contribution in [0, 0.1) is 0 Å². The molecule has 8 heteroatoms. The molecule has 4 atom stereocenters. The molecule has 2 aliphatic rings. The maximum Gasteiger partial charge on any atom is 0.269 e. The van der Waals surface area contributed by atoms with Crippen molar-refractivity contribution in [3.63, 3.8) is 0 Å². The van der Waals surface area contributed by atoms with Crippen molar-refractivity contribution in [3.05, 3.63) is 42.5 Å². The highest BCUT2D eigenvalue weighted by atomic mass is 16.5. The first-order valence-electron chi connectivity index (χ1n) is 10.4. The van der Waals surface area contributed by atoms with E-state index >= 15 is 0 Å². The fraction of sp³-hybridized carbons (Fsp3) is 0.571. The first-order valence-corrected chi connectivity index (χ1v) is 10.4. The highest BCUT2D eigenvalue weighted by Crippen LogP contribution is 2.29. The van der Waals surface area contributed by atoms with Gasteiger partial charge < -0.3 is 15.2 Å². The summed E-state index contributed by atoms with van der Waals surface area (Å²) in [5.74, 6) is 0.502. The Morgan fingerprint density at radius 1 is 1.21 bits per heavy atom. The molecule has 2 aromatic rings. The average Bonchev–Trinajstić information content (AvgIpc) is 3.18. The second kappa shape index (κ2) is 8.92. The Morgan fingerprint density at radius 3 is 2.72 bits per heavy atom. The van der Waals surface area contributed by atoms with Gasteiger partial charge in [-0.3, -0.25) is 19.4 Å². The van der Waals surface area contributed by atoms with Crippen molar-refractivity contribution in [2.45, 2.75) is 56.4 Å². The third kappa shape index (κ3) is 4.43. The molecule has 0 bridgehead atoms. The number of hydrogen-bond donors (Lipinski definition) is 2. The highest BCUT2D eigenvalue weighted by molar-refractivity contribution is 5.92. The maximum absolute atomic E-state index is 12.8. The van der Waals surface area contributed by atoms with Crippen LogP contribution >= 0.6 is 0 Å². The van der Waals surface area contributed by atoms with E-state index in [0.717, 1.165) is 32.4 Å². The lowest BCUT2D eigenvalue weighted by Crippen LogP contribution is -2.64. The molecule has 3 heterocycles. The smallest absolute Gasteiger partial charge is 0.269 e. The van der Waals surface area contributed by atoms with Crippen LogP contribution in [0.2, 0.25) is 0 Å². The maximum atomic E-state index is 12.8. The monoisotopic (exact) mass is 399 g/mol. The number of likely N-dealkylation sites (tertiary alicyclic amines) is 1. The number of ether oxygens (including phenoxy) is 1. The van der Waals surface area contributed by atoms with Gasteiger partial charge in [0.25, 0.3) is 5.91 Å². The minimum Gasteiger partial charge on any atom is -0.486 e. The number of aryl methyl sites for hydroxylation is 1. The molecule has 4 rings (SSSR count). The number of piperidine rings is 1. The van der Waals surface area contributed by atoms with Gasteiger partial charge in [-0.15, -0.1) is 0 Å². The summed E-state index contributed by atoms with van der Waals surface area (Å²) in [5.41, 5.74) is 0.519. The van der Waals surface area contributed by atoms with Gasteiger partial charge in [0, 0.05) is 25.5 Å².